The molecule has 2 aromatic rings. The van der Waals surface area contributed by atoms with Gasteiger partial charge < -0.3 is 0 Å². The van der Waals surface area contributed by atoms with Crippen molar-refractivity contribution in [3.8, 4) is 6.07 Å². The molecule has 0 aromatic carbocycles. The van der Waals surface area contributed by atoms with Crippen LogP contribution in [0.25, 0.3) is 10.2 Å². The Balaban J connectivity index is 1.98. The van der Waals surface area contributed by atoms with Gasteiger partial charge in [0.2, 0.25) is 0 Å². The monoisotopic (exact) mass is 375 g/mol. The first-order valence-corrected chi connectivity index (χ1v) is 11.1. The van der Waals surface area contributed by atoms with E-state index in [1.165, 1.54) is 23.3 Å². The topological polar surface area (TPSA) is 58.7 Å². The van der Waals surface area contributed by atoms with E-state index >= 15 is 0 Å². The molecule has 0 aliphatic heterocycles. The third-order valence-corrected chi connectivity index (χ3v) is 6.94. The highest BCUT2D eigenvalue weighted by Crippen LogP contribution is 2.34. The van der Waals surface area contributed by atoms with Gasteiger partial charge in [0.25, 0.3) is 5.56 Å². The number of nitrogens with zero attached hydrogens (tertiary/aromatic N) is 3. The summed E-state index contributed by atoms with van der Waals surface area (Å²) in [5.41, 5.74) is 1.43. The number of aromatic nitrogens is 2. The van der Waals surface area contributed by atoms with Crippen LogP contribution >= 0.6 is 23.1 Å². The molecule has 134 valence electrons. The fraction of sp³-hybridized carbons (Fsp3) is 0.632. The highest BCUT2D eigenvalue weighted by Gasteiger charge is 2.22. The Kier molecular flexibility index (Phi) is 6.55. The second-order valence-corrected chi connectivity index (χ2v) is 8.71. The van der Waals surface area contributed by atoms with Crippen LogP contribution in [0.5, 0.6) is 0 Å². The lowest BCUT2D eigenvalue weighted by Crippen LogP contribution is -2.24. The Bertz CT molecular complexity index is 832. The molecule has 3 rings (SSSR count). The Hall–Kier alpha value is -1.32. The smallest absolute Gasteiger partial charge is 0.263 e. The van der Waals surface area contributed by atoms with Gasteiger partial charge in [0.05, 0.1) is 11.5 Å². The number of nitriles is 1. The van der Waals surface area contributed by atoms with E-state index in [-0.39, 0.29) is 5.56 Å². The van der Waals surface area contributed by atoms with E-state index in [0.717, 1.165) is 66.2 Å². The maximum Gasteiger partial charge on any atom is 0.263 e. The summed E-state index contributed by atoms with van der Waals surface area (Å²) in [5.74, 6) is 0.838. The first-order valence-electron chi connectivity index (χ1n) is 9.31. The zero-order valence-electron chi connectivity index (χ0n) is 14.8. The molecule has 0 unspecified atom stereocenters. The minimum Gasteiger partial charge on any atom is -0.287 e. The van der Waals surface area contributed by atoms with Crippen LogP contribution in [-0.2, 0) is 19.4 Å². The average molecular weight is 376 g/mol. The van der Waals surface area contributed by atoms with Crippen molar-refractivity contribution in [3.05, 3.63) is 20.8 Å². The van der Waals surface area contributed by atoms with Crippen LogP contribution in [0.1, 0.15) is 62.3 Å². The molecule has 0 saturated heterocycles. The highest BCUT2D eigenvalue weighted by molar-refractivity contribution is 7.99. The molecule has 4 nitrogen and oxygen atoms in total. The third kappa shape index (κ3) is 4.09. The second-order valence-electron chi connectivity index (χ2n) is 6.56. The van der Waals surface area contributed by atoms with E-state index in [1.807, 2.05) is 4.57 Å². The van der Waals surface area contributed by atoms with Crippen molar-refractivity contribution in [2.75, 3.05) is 5.75 Å². The van der Waals surface area contributed by atoms with Crippen LogP contribution in [0.15, 0.2) is 9.95 Å². The van der Waals surface area contributed by atoms with E-state index < -0.39 is 0 Å². The molecule has 6 heteroatoms. The van der Waals surface area contributed by atoms with E-state index in [9.17, 15) is 4.79 Å². The van der Waals surface area contributed by atoms with Gasteiger partial charge in [-0.05, 0) is 44.1 Å². The molecule has 1 aliphatic carbocycles. The summed E-state index contributed by atoms with van der Waals surface area (Å²) >= 11 is 3.35. The van der Waals surface area contributed by atoms with Crippen molar-refractivity contribution in [2.24, 2.45) is 0 Å². The van der Waals surface area contributed by atoms with E-state index in [4.69, 9.17) is 10.2 Å². The lowest BCUT2D eigenvalue weighted by Gasteiger charge is -2.13. The number of thioether (sulfide) groups is 1. The van der Waals surface area contributed by atoms with E-state index in [2.05, 4.69) is 13.0 Å². The van der Waals surface area contributed by atoms with E-state index in [0.29, 0.717) is 6.42 Å². The normalized spacial score (nSPS) is 13.8. The number of fused-ring (bicyclic) bond motifs is 3. The van der Waals surface area contributed by atoms with Crippen molar-refractivity contribution < 1.29 is 0 Å². The molecule has 0 spiro atoms. The molecule has 0 radical (unpaired) electrons. The molecule has 2 aromatic heterocycles. The second kappa shape index (κ2) is 8.86. The lowest BCUT2D eigenvalue weighted by molar-refractivity contribution is 0.541. The highest BCUT2D eigenvalue weighted by atomic mass is 32.2. The lowest BCUT2D eigenvalue weighted by atomic mass is 9.97. The predicted octanol–water partition coefficient (Wildman–Crippen LogP) is 4.92. The van der Waals surface area contributed by atoms with Crippen LogP contribution in [0.4, 0.5) is 0 Å². The first-order chi connectivity index (χ1) is 12.3. The Morgan fingerprint density at radius 3 is 2.92 bits per heavy atom. The Labute approximate surface area is 157 Å². The van der Waals surface area contributed by atoms with Gasteiger partial charge in [0.1, 0.15) is 4.83 Å². The molecule has 1 aliphatic rings. The number of hydrogen-bond donors (Lipinski definition) is 0. The van der Waals surface area contributed by atoms with Crippen molar-refractivity contribution in [2.45, 2.75) is 76.4 Å². The molecule has 0 atom stereocenters. The van der Waals surface area contributed by atoms with Gasteiger partial charge in [0, 0.05) is 23.6 Å². The summed E-state index contributed by atoms with van der Waals surface area (Å²) in [6.07, 6.45) is 9.20. The predicted molar refractivity (Wildman–Crippen MR) is 106 cm³/mol. The molecule has 0 fully saturated rings. The van der Waals surface area contributed by atoms with Gasteiger partial charge in [-0.15, -0.1) is 11.3 Å². The summed E-state index contributed by atoms with van der Waals surface area (Å²) in [6.45, 7) is 2.93. The van der Waals surface area contributed by atoms with Crippen molar-refractivity contribution in [3.63, 3.8) is 0 Å². The van der Waals surface area contributed by atoms with Crippen LogP contribution < -0.4 is 5.56 Å². The standard InChI is InChI=1S/C19H25N3OS2/c1-2-3-7-12-22-18(23)16-14-9-4-5-10-15(14)25-17(16)21-19(22)24-13-8-6-11-20/h2-10,12-13H2,1H3. The molecule has 0 saturated carbocycles. The molecule has 0 N–H and O–H groups in total. The zero-order chi connectivity index (χ0) is 17.6. The van der Waals surface area contributed by atoms with Crippen molar-refractivity contribution in [1.82, 2.24) is 9.55 Å². The van der Waals surface area contributed by atoms with Crippen LogP contribution in [0, 0.1) is 11.3 Å². The number of aryl methyl sites for hydroxylation is 2. The minimum absolute atomic E-state index is 0.156. The van der Waals surface area contributed by atoms with Gasteiger partial charge in [-0.2, -0.15) is 5.26 Å². The molecule has 2 heterocycles. The number of thiophene rings is 1. The molecule has 0 amide bonds. The molecular weight excluding hydrogens is 350 g/mol. The number of rotatable bonds is 8. The van der Waals surface area contributed by atoms with Gasteiger partial charge in [-0.1, -0.05) is 31.5 Å². The van der Waals surface area contributed by atoms with Crippen LogP contribution in [0.2, 0.25) is 0 Å². The van der Waals surface area contributed by atoms with Crippen molar-refractivity contribution >= 4 is 33.3 Å². The first kappa shape index (κ1) is 18.5. The average Bonchev–Trinajstić information content (AvgIpc) is 2.99. The summed E-state index contributed by atoms with van der Waals surface area (Å²) in [4.78, 5) is 20.4. The van der Waals surface area contributed by atoms with Gasteiger partial charge in [0.15, 0.2) is 5.16 Å². The van der Waals surface area contributed by atoms with Crippen LogP contribution in [-0.4, -0.2) is 15.3 Å². The van der Waals surface area contributed by atoms with E-state index in [1.54, 1.807) is 23.1 Å². The van der Waals surface area contributed by atoms with Gasteiger partial charge >= 0.3 is 0 Å². The number of hydrogen-bond acceptors (Lipinski definition) is 5. The molecule has 0 bridgehead atoms. The fourth-order valence-electron chi connectivity index (χ4n) is 3.36. The third-order valence-electron chi connectivity index (χ3n) is 4.69. The SMILES string of the molecule is CCCCCn1c(SCCCC#N)nc2sc3c(c2c1=O)CCCC3. The van der Waals surface area contributed by atoms with Crippen LogP contribution in [0.3, 0.4) is 0 Å². The van der Waals surface area contributed by atoms with Crippen molar-refractivity contribution in [1.29, 1.82) is 5.26 Å². The summed E-state index contributed by atoms with van der Waals surface area (Å²) in [6, 6.07) is 2.18. The molecule has 25 heavy (non-hydrogen) atoms. The fourth-order valence-corrected chi connectivity index (χ4v) is 5.63. The Morgan fingerprint density at radius 2 is 2.12 bits per heavy atom. The molecular formula is C19H25N3OS2. The maximum atomic E-state index is 13.2. The number of unbranched alkanes of at least 4 members (excludes halogenated alkanes) is 3. The summed E-state index contributed by atoms with van der Waals surface area (Å²) in [5, 5.41) is 10.4. The summed E-state index contributed by atoms with van der Waals surface area (Å²) < 4.78 is 1.90. The van der Waals surface area contributed by atoms with Gasteiger partial charge in [-0.3, -0.25) is 9.36 Å². The largest absolute Gasteiger partial charge is 0.287 e. The summed E-state index contributed by atoms with van der Waals surface area (Å²) in [7, 11) is 0. The minimum atomic E-state index is 0.156. The maximum absolute atomic E-state index is 13.2. The Morgan fingerprint density at radius 1 is 1.28 bits per heavy atom. The van der Waals surface area contributed by atoms with Gasteiger partial charge in [-0.25, -0.2) is 4.98 Å². The zero-order valence-corrected chi connectivity index (χ0v) is 16.5. The quantitative estimate of drug-likeness (QED) is 0.373.